The number of benzene rings is 1. The molecule has 0 spiro atoms. The van der Waals surface area contributed by atoms with E-state index < -0.39 is 47.1 Å². The summed E-state index contributed by atoms with van der Waals surface area (Å²) >= 11 is 0. The Morgan fingerprint density at radius 1 is 1.08 bits per heavy atom. The first-order chi connectivity index (χ1) is 16.9. The largest absolute Gasteiger partial charge is 1.00 e. The van der Waals surface area contributed by atoms with Gasteiger partial charge >= 0.3 is 103 Å². The van der Waals surface area contributed by atoms with Gasteiger partial charge in [0.15, 0.2) is 6.29 Å². The van der Waals surface area contributed by atoms with Crippen LogP contribution in [-0.4, -0.2) is 71.1 Å². The first-order valence-electron chi connectivity index (χ1n) is 12.2. The summed E-state index contributed by atoms with van der Waals surface area (Å²) in [5, 5.41) is 41.8. The Bertz CT molecular complexity index is 1130. The van der Waals surface area contributed by atoms with Crippen LogP contribution in [0.25, 0.3) is 0 Å². The number of aliphatic hydroxyl groups excluding tert-OH is 3. The first-order valence-corrected chi connectivity index (χ1v) is 13.6. The number of carbonyl (C=O) groups is 1. The van der Waals surface area contributed by atoms with E-state index in [4.69, 9.17) is 9.47 Å². The van der Waals surface area contributed by atoms with Crippen molar-refractivity contribution in [2.75, 3.05) is 0 Å². The van der Waals surface area contributed by atoms with E-state index in [0.29, 0.717) is 24.7 Å². The van der Waals surface area contributed by atoms with Crippen LogP contribution in [0, 0.1) is 17.3 Å². The van der Waals surface area contributed by atoms with Crippen molar-refractivity contribution in [3.8, 4) is 5.75 Å². The van der Waals surface area contributed by atoms with Gasteiger partial charge in [0.25, 0.3) is 10.4 Å². The summed E-state index contributed by atoms with van der Waals surface area (Å²) in [5.74, 6) is -0.772. The molecule has 0 aromatic heterocycles. The smallest absolute Gasteiger partial charge is 0.716 e. The minimum Gasteiger partial charge on any atom is -0.716 e. The van der Waals surface area contributed by atoms with Gasteiger partial charge in [0.1, 0.15) is 30.2 Å². The van der Waals surface area contributed by atoms with Crippen LogP contribution in [0.3, 0.4) is 0 Å². The van der Waals surface area contributed by atoms with Crippen LogP contribution >= 0.6 is 0 Å². The van der Waals surface area contributed by atoms with Gasteiger partial charge in [-0.25, -0.2) is 8.42 Å². The van der Waals surface area contributed by atoms with E-state index in [1.165, 1.54) is 6.07 Å². The number of carboxylic acid groups (broad SMARTS) is 1. The summed E-state index contributed by atoms with van der Waals surface area (Å²) in [5.41, 5.74) is 1.85. The average Bonchev–Trinajstić information content (AvgIpc) is 3.13. The van der Waals surface area contributed by atoms with Crippen molar-refractivity contribution in [2.45, 2.75) is 88.2 Å². The van der Waals surface area contributed by atoms with E-state index in [1.54, 1.807) is 6.07 Å². The van der Waals surface area contributed by atoms with Crippen molar-refractivity contribution in [3.63, 3.8) is 0 Å². The van der Waals surface area contributed by atoms with Crippen LogP contribution in [0.2, 0.25) is 0 Å². The van der Waals surface area contributed by atoms with E-state index in [-0.39, 0.29) is 126 Å². The topological polar surface area (TPSA) is 186 Å². The summed E-state index contributed by atoms with van der Waals surface area (Å²) in [4.78, 5) is 11.3. The zero-order valence-corrected chi connectivity index (χ0v) is 28.7. The number of aliphatic hydroxyl groups is 3. The number of hydrogen-bond acceptors (Lipinski definition) is 11. The second kappa shape index (κ2) is 13.0. The van der Waals surface area contributed by atoms with Crippen LogP contribution in [-0.2, 0) is 31.1 Å². The van der Waals surface area contributed by atoms with Gasteiger partial charge in [0.2, 0.25) is 0 Å². The predicted octanol–water partition coefficient (Wildman–Crippen LogP) is -6.67. The van der Waals surface area contributed by atoms with Crippen LogP contribution in [0.15, 0.2) is 18.2 Å². The minimum atomic E-state index is -4.84. The van der Waals surface area contributed by atoms with E-state index in [9.17, 15) is 38.2 Å². The number of hydrogen-bond donors (Lipinski definition) is 3. The van der Waals surface area contributed by atoms with Gasteiger partial charge < -0.3 is 43.4 Å². The Labute approximate surface area is 306 Å². The molecule has 200 valence electrons. The maximum Gasteiger partial charge on any atom is 1.00 e. The number of fused-ring (bicyclic) bond motifs is 5. The number of aryl methyl sites for hydroxylation is 1. The molecule has 38 heavy (non-hydrogen) atoms. The fourth-order valence-corrected chi connectivity index (χ4v) is 7.56. The molecule has 3 aliphatic carbocycles. The third-order valence-electron chi connectivity index (χ3n) is 8.91. The van der Waals surface area contributed by atoms with Gasteiger partial charge in [-0.15, -0.1) is 0 Å². The quantitative estimate of drug-likeness (QED) is 0.165. The van der Waals surface area contributed by atoms with Crippen LogP contribution in [0.5, 0.6) is 5.75 Å². The molecule has 3 fully saturated rings. The maximum atomic E-state index is 11.3. The molecular formula is C24H30K2O11S. The molecule has 0 amide bonds. The van der Waals surface area contributed by atoms with E-state index in [1.807, 2.05) is 6.07 Å². The average molecular weight is 605 g/mol. The van der Waals surface area contributed by atoms with Crippen molar-refractivity contribution in [1.82, 2.24) is 0 Å². The van der Waals surface area contributed by atoms with Crippen molar-refractivity contribution < 1.29 is 155 Å². The third-order valence-corrected chi connectivity index (χ3v) is 9.31. The second-order valence-corrected chi connectivity index (χ2v) is 11.7. The van der Waals surface area contributed by atoms with Crippen LogP contribution in [0.4, 0.5) is 0 Å². The summed E-state index contributed by atoms with van der Waals surface area (Å²) in [7, 11) is -4.84. The van der Waals surface area contributed by atoms with Gasteiger partial charge in [0.05, 0.1) is 12.1 Å². The van der Waals surface area contributed by atoms with Crippen molar-refractivity contribution >= 4 is 16.4 Å². The van der Waals surface area contributed by atoms with Gasteiger partial charge in [0, 0.05) is 0 Å². The molecule has 10 unspecified atom stereocenters. The molecule has 11 nitrogen and oxygen atoms in total. The normalized spacial score (nSPS) is 40.0. The predicted molar refractivity (Wildman–Crippen MR) is 118 cm³/mol. The van der Waals surface area contributed by atoms with Crippen molar-refractivity contribution in [2.24, 2.45) is 17.3 Å². The molecule has 1 heterocycles. The zero-order chi connectivity index (χ0) is 26.0. The molecule has 1 saturated heterocycles. The number of carbonyl (C=O) groups excluding carboxylic acids is 1. The number of carboxylic acids is 1. The van der Waals surface area contributed by atoms with Crippen LogP contribution < -0.4 is 112 Å². The van der Waals surface area contributed by atoms with Gasteiger partial charge in [-0.2, -0.15) is 0 Å². The zero-order valence-electron chi connectivity index (χ0n) is 21.7. The molecule has 3 N–H and O–H groups in total. The van der Waals surface area contributed by atoms with E-state index >= 15 is 0 Å². The van der Waals surface area contributed by atoms with Gasteiger partial charge in [-0.3, -0.25) is 0 Å². The fraction of sp³-hybridized carbons (Fsp3) is 0.708. The fourth-order valence-electron chi connectivity index (χ4n) is 7.22. The molecule has 1 aromatic rings. The third kappa shape index (κ3) is 6.51. The Hall–Kier alpha value is 1.47. The summed E-state index contributed by atoms with van der Waals surface area (Å²) in [6.45, 7) is 2.13. The monoisotopic (exact) mass is 604 g/mol. The number of aliphatic carboxylic acids is 1. The first kappa shape index (κ1) is 34.0. The van der Waals surface area contributed by atoms with Crippen molar-refractivity contribution in [1.29, 1.82) is 0 Å². The molecule has 5 rings (SSSR count). The van der Waals surface area contributed by atoms with Gasteiger partial charge in [-0.1, -0.05) is 13.0 Å². The molecule has 1 aliphatic heterocycles. The Morgan fingerprint density at radius 2 is 1.79 bits per heavy atom. The summed E-state index contributed by atoms with van der Waals surface area (Å²) in [6.07, 6.45) is -3.96. The standard InChI is InChI=1S/C24H32O11S.2K/c1-24-9-8-14-13-5-3-12(35-36(30,31)32)10-11(13)2-4-15(14)16(24)6-7-17(24)33-23-20(27)18(25)19(26)21(34-23)22(28)29;;/h3,5,10,14-21,23,25-27H,2,4,6-9H2,1H3,(H,28,29)(H,30,31,32);;/q;2*+1/p-2. The molecule has 10 atom stereocenters. The molecule has 0 radical (unpaired) electrons. The molecular weight excluding hydrogens is 575 g/mol. The SMILES string of the molecule is CC12CCC3c4ccc(OS(=O)(=O)[O-])cc4CCC3C1CCC2OC1OC(C(=O)[O-])C(O)C(O)C1O.[K+].[K+]. The maximum absolute atomic E-state index is 11.3. The Balaban J connectivity index is 0.00000200. The summed E-state index contributed by atoms with van der Waals surface area (Å²) < 4.78 is 48.8. The molecule has 2 saturated carbocycles. The van der Waals surface area contributed by atoms with E-state index in [2.05, 4.69) is 11.1 Å². The van der Waals surface area contributed by atoms with Crippen molar-refractivity contribution in [3.05, 3.63) is 29.3 Å². The van der Waals surface area contributed by atoms with Crippen LogP contribution in [0.1, 0.15) is 56.1 Å². The number of ether oxygens (including phenoxy) is 2. The Morgan fingerprint density at radius 3 is 2.45 bits per heavy atom. The molecule has 14 heteroatoms. The second-order valence-electron chi connectivity index (χ2n) is 10.7. The molecule has 4 aliphatic rings. The summed E-state index contributed by atoms with van der Waals surface area (Å²) in [6, 6.07) is 4.99. The molecule has 0 bridgehead atoms. The van der Waals surface area contributed by atoms with E-state index in [0.717, 1.165) is 36.8 Å². The number of rotatable bonds is 5. The molecule has 1 aromatic carbocycles. The Kier molecular flexibility index (Phi) is 11.6. The minimum absolute atomic E-state index is 0. The van der Waals surface area contributed by atoms with Gasteiger partial charge in [-0.05, 0) is 85.0 Å².